The number of alkyl halides is 3. The van der Waals surface area contributed by atoms with E-state index < -0.39 is 11.7 Å². The molecule has 2 rings (SSSR count). The number of hydrogen-bond acceptors (Lipinski definition) is 4. The Hall–Kier alpha value is -1.57. The van der Waals surface area contributed by atoms with Crippen LogP contribution in [0.4, 0.5) is 13.2 Å². The van der Waals surface area contributed by atoms with Gasteiger partial charge in [-0.25, -0.2) is 0 Å². The number of nitrogens with zero attached hydrogens (tertiary/aromatic N) is 2. The molecule has 0 bridgehead atoms. The van der Waals surface area contributed by atoms with Gasteiger partial charge >= 0.3 is 6.18 Å². The molecule has 0 atom stereocenters. The summed E-state index contributed by atoms with van der Waals surface area (Å²) in [6, 6.07) is 1.86. The Balaban J connectivity index is 2.08. The minimum absolute atomic E-state index is 0.00648. The highest BCUT2D eigenvalue weighted by Crippen LogP contribution is 2.29. The van der Waals surface area contributed by atoms with Gasteiger partial charge in [0.15, 0.2) is 5.17 Å². The van der Waals surface area contributed by atoms with Gasteiger partial charge in [-0.05, 0) is 12.1 Å². The average molecular weight is 275 g/mol. The molecule has 0 spiro atoms. The lowest BCUT2D eigenvalue weighted by molar-refractivity contribution is -0.137. The number of thioether (sulfide) groups is 1. The summed E-state index contributed by atoms with van der Waals surface area (Å²) in [5.74, 6) is 0.130. The number of aliphatic imine (C=N–C) groups is 1. The number of carbonyl (C=O) groups excluding carboxylic acids is 1. The fourth-order valence-corrected chi connectivity index (χ4v) is 1.99. The molecule has 1 aromatic heterocycles. The molecule has 1 aliphatic rings. The summed E-state index contributed by atoms with van der Waals surface area (Å²) in [6.45, 7) is 0.00648. The maximum Gasteiger partial charge on any atom is 0.416 e. The van der Waals surface area contributed by atoms with E-state index in [2.05, 4.69) is 15.3 Å². The van der Waals surface area contributed by atoms with Gasteiger partial charge in [0.05, 0.1) is 23.6 Å². The lowest BCUT2D eigenvalue weighted by Gasteiger charge is -2.06. The van der Waals surface area contributed by atoms with E-state index in [4.69, 9.17) is 0 Å². The van der Waals surface area contributed by atoms with Gasteiger partial charge in [0.2, 0.25) is 5.91 Å². The first-order valence-corrected chi connectivity index (χ1v) is 5.93. The van der Waals surface area contributed by atoms with Crippen LogP contribution in [-0.4, -0.2) is 21.8 Å². The Kier molecular flexibility index (Phi) is 3.55. The highest BCUT2D eigenvalue weighted by molar-refractivity contribution is 8.15. The number of aromatic nitrogens is 1. The molecule has 18 heavy (non-hydrogen) atoms. The second kappa shape index (κ2) is 4.97. The van der Waals surface area contributed by atoms with E-state index in [-0.39, 0.29) is 23.9 Å². The summed E-state index contributed by atoms with van der Waals surface area (Å²) in [5.41, 5.74) is -0.546. The molecular weight excluding hydrogens is 267 g/mol. The summed E-state index contributed by atoms with van der Waals surface area (Å²) < 4.78 is 37.3. The van der Waals surface area contributed by atoms with Crippen LogP contribution in [0.3, 0.4) is 0 Å². The first-order valence-electron chi connectivity index (χ1n) is 4.94. The molecule has 1 saturated heterocycles. The topological polar surface area (TPSA) is 54.4 Å². The summed E-state index contributed by atoms with van der Waals surface area (Å²) in [5, 5.41) is 2.91. The zero-order chi connectivity index (χ0) is 13.2. The fraction of sp³-hybridized carbons (Fsp3) is 0.300. The summed E-state index contributed by atoms with van der Waals surface area (Å²) in [7, 11) is 0. The molecule has 0 aromatic carbocycles. The number of carbonyl (C=O) groups is 1. The van der Waals surface area contributed by atoms with Crippen molar-refractivity contribution < 1.29 is 18.0 Å². The molecule has 2 heterocycles. The Morgan fingerprint density at radius 2 is 2.28 bits per heavy atom. The van der Waals surface area contributed by atoms with Crippen LogP contribution in [0.15, 0.2) is 23.3 Å². The summed E-state index contributed by atoms with van der Waals surface area (Å²) in [4.78, 5) is 18.7. The molecule has 1 fully saturated rings. The smallest absolute Gasteiger partial charge is 0.305 e. The molecule has 0 radical (unpaired) electrons. The molecule has 1 aliphatic heterocycles. The summed E-state index contributed by atoms with van der Waals surface area (Å²) in [6.07, 6.45) is -3.29. The fourth-order valence-electron chi connectivity index (χ4n) is 1.30. The van der Waals surface area contributed by atoms with Gasteiger partial charge in [0.25, 0.3) is 0 Å². The van der Waals surface area contributed by atoms with E-state index in [0.29, 0.717) is 5.17 Å². The minimum Gasteiger partial charge on any atom is -0.305 e. The van der Waals surface area contributed by atoms with Crippen LogP contribution in [0.5, 0.6) is 0 Å². The Morgan fingerprint density at radius 3 is 2.89 bits per heavy atom. The first-order chi connectivity index (χ1) is 8.45. The lowest BCUT2D eigenvalue weighted by atomic mass is 10.2. The highest BCUT2D eigenvalue weighted by Gasteiger charge is 2.30. The van der Waals surface area contributed by atoms with Crippen molar-refractivity contribution in [2.75, 3.05) is 5.75 Å². The Bertz CT molecular complexity index is 501. The third-order valence-corrected chi connectivity index (χ3v) is 3.03. The van der Waals surface area contributed by atoms with E-state index in [1.165, 1.54) is 11.8 Å². The van der Waals surface area contributed by atoms with Crippen LogP contribution in [-0.2, 0) is 17.5 Å². The van der Waals surface area contributed by atoms with Crippen molar-refractivity contribution in [1.82, 2.24) is 10.3 Å². The van der Waals surface area contributed by atoms with Gasteiger partial charge in [0.1, 0.15) is 0 Å². The van der Waals surface area contributed by atoms with Gasteiger partial charge in [-0.1, -0.05) is 11.8 Å². The Morgan fingerprint density at radius 1 is 1.50 bits per heavy atom. The molecule has 1 aromatic rings. The van der Waals surface area contributed by atoms with Gasteiger partial charge in [-0.15, -0.1) is 0 Å². The average Bonchev–Trinajstić information content (AvgIpc) is 2.72. The maximum absolute atomic E-state index is 12.4. The lowest BCUT2D eigenvalue weighted by Crippen LogP contribution is -2.20. The molecule has 8 heteroatoms. The molecule has 0 saturated carbocycles. The molecule has 0 unspecified atom stereocenters. The van der Waals surface area contributed by atoms with E-state index in [9.17, 15) is 18.0 Å². The summed E-state index contributed by atoms with van der Waals surface area (Å²) >= 11 is 1.22. The zero-order valence-electron chi connectivity index (χ0n) is 8.99. The van der Waals surface area contributed by atoms with Crippen LogP contribution >= 0.6 is 11.8 Å². The molecule has 1 N–H and O–H groups in total. The molecule has 0 aliphatic carbocycles. The predicted molar refractivity (Wildman–Crippen MR) is 61.0 cm³/mol. The maximum atomic E-state index is 12.4. The minimum atomic E-state index is -4.39. The van der Waals surface area contributed by atoms with Crippen LogP contribution < -0.4 is 5.32 Å². The van der Waals surface area contributed by atoms with Gasteiger partial charge < -0.3 is 5.32 Å². The van der Waals surface area contributed by atoms with Crippen LogP contribution in [0.1, 0.15) is 11.3 Å². The third kappa shape index (κ3) is 3.22. The van der Waals surface area contributed by atoms with E-state index in [1.807, 2.05) is 0 Å². The number of rotatable bonds is 2. The largest absolute Gasteiger partial charge is 0.416 e. The number of halogens is 3. The molecule has 4 nitrogen and oxygen atoms in total. The van der Waals surface area contributed by atoms with Crippen LogP contribution in [0.2, 0.25) is 0 Å². The van der Waals surface area contributed by atoms with Gasteiger partial charge in [-0.2, -0.15) is 13.2 Å². The number of pyridine rings is 1. The molecule has 96 valence electrons. The normalized spacial score (nSPS) is 18.2. The van der Waals surface area contributed by atoms with Crippen molar-refractivity contribution in [3.63, 3.8) is 0 Å². The van der Waals surface area contributed by atoms with Crippen LogP contribution in [0, 0.1) is 0 Å². The number of amidine groups is 1. The number of nitrogens with one attached hydrogen (secondary N) is 1. The van der Waals surface area contributed by atoms with Crippen LogP contribution in [0.25, 0.3) is 0 Å². The monoisotopic (exact) mass is 275 g/mol. The van der Waals surface area contributed by atoms with Crippen molar-refractivity contribution >= 4 is 22.8 Å². The van der Waals surface area contributed by atoms with Crippen molar-refractivity contribution in [2.45, 2.75) is 12.7 Å². The zero-order valence-corrected chi connectivity index (χ0v) is 9.81. The van der Waals surface area contributed by atoms with E-state index in [0.717, 1.165) is 18.3 Å². The first kappa shape index (κ1) is 12.9. The Labute approximate surface area is 105 Å². The standard InChI is InChI=1S/C10H8F3N3OS/c11-10(12,13)6-1-2-14-7(3-6)4-15-9-16-8(17)5-18-9/h1-3H,4-5H2,(H,15,16,17). The SMILES string of the molecule is O=C1CSC(=NCc2cc(C(F)(F)F)ccn2)N1. The van der Waals surface area contributed by atoms with Crippen molar-refractivity contribution in [2.24, 2.45) is 4.99 Å². The van der Waals surface area contributed by atoms with E-state index in [1.54, 1.807) is 0 Å². The quantitative estimate of drug-likeness (QED) is 0.895. The highest BCUT2D eigenvalue weighted by atomic mass is 32.2. The molecule has 1 amide bonds. The predicted octanol–water partition coefficient (Wildman–Crippen LogP) is 1.82. The van der Waals surface area contributed by atoms with Crippen molar-refractivity contribution in [3.8, 4) is 0 Å². The second-order valence-corrected chi connectivity index (χ2v) is 4.46. The molecular formula is C10H8F3N3OS. The number of hydrogen-bond donors (Lipinski definition) is 1. The van der Waals surface area contributed by atoms with E-state index >= 15 is 0 Å². The second-order valence-electron chi connectivity index (χ2n) is 3.49. The third-order valence-electron chi connectivity index (χ3n) is 2.11. The van der Waals surface area contributed by atoms with Gasteiger partial charge in [0, 0.05) is 6.20 Å². The van der Waals surface area contributed by atoms with Crippen molar-refractivity contribution in [1.29, 1.82) is 0 Å². The van der Waals surface area contributed by atoms with Crippen molar-refractivity contribution in [3.05, 3.63) is 29.6 Å². The van der Waals surface area contributed by atoms with Gasteiger partial charge in [-0.3, -0.25) is 14.8 Å². The number of amides is 1.